The molecule has 13 nitrogen and oxygen atoms in total. The Balaban J connectivity index is 1.38. The third kappa shape index (κ3) is 11.2. The Bertz CT molecular complexity index is 2140. The van der Waals surface area contributed by atoms with E-state index in [0.29, 0.717) is 74.1 Å². The van der Waals surface area contributed by atoms with Crippen molar-refractivity contribution < 1.29 is 44.5 Å². The first-order chi connectivity index (χ1) is 33.0. The maximum atomic E-state index is 15.5. The van der Waals surface area contributed by atoms with Gasteiger partial charge in [-0.2, -0.15) is 0 Å². The highest BCUT2D eigenvalue weighted by molar-refractivity contribution is 5.97. The van der Waals surface area contributed by atoms with Gasteiger partial charge in [-0.3, -0.25) is 15.1 Å². The highest BCUT2D eigenvalue weighted by atomic mass is 16.6. The van der Waals surface area contributed by atoms with E-state index in [0.717, 1.165) is 94.6 Å². The first kappa shape index (κ1) is 51.5. The Hall–Kier alpha value is -4.32. The number of likely N-dealkylation sites (N-methyl/N-ethyl adjacent to an activating group) is 1. The van der Waals surface area contributed by atoms with Crippen molar-refractivity contribution in [3.8, 4) is 35.0 Å². The molecule has 4 fully saturated rings. The van der Waals surface area contributed by atoms with Crippen molar-refractivity contribution >= 4 is 17.4 Å². The lowest BCUT2D eigenvalue weighted by atomic mass is 9.50. The number of ether oxygens (including phenoxy) is 3. The number of rotatable bonds is 19. The number of allylic oxidation sites excluding steroid dienone is 2. The van der Waals surface area contributed by atoms with E-state index in [9.17, 15) is 25.5 Å². The number of methoxy groups -OCH3 is 1. The van der Waals surface area contributed by atoms with E-state index in [2.05, 4.69) is 58.0 Å². The molecule has 2 bridgehead atoms. The summed E-state index contributed by atoms with van der Waals surface area (Å²) in [6, 6.07) is 12.7. The number of anilines is 1. The van der Waals surface area contributed by atoms with Crippen LogP contribution in [-0.2, 0) is 21.4 Å². The van der Waals surface area contributed by atoms with Crippen LogP contribution in [0.2, 0.25) is 0 Å². The zero-order valence-corrected chi connectivity index (χ0v) is 41.2. The van der Waals surface area contributed by atoms with Crippen LogP contribution in [0.15, 0.2) is 47.5 Å². The van der Waals surface area contributed by atoms with Gasteiger partial charge in [-0.05, 0) is 167 Å². The average Bonchev–Trinajstić information content (AvgIpc) is 4.07. The van der Waals surface area contributed by atoms with Gasteiger partial charge in [0.05, 0.1) is 19.4 Å². The molecule has 2 aromatic rings. The van der Waals surface area contributed by atoms with Crippen molar-refractivity contribution in [2.45, 2.75) is 146 Å². The monoisotopic (exact) mass is 941 g/mol. The molecule has 10 unspecified atom stereocenters. The third-order valence-electron chi connectivity index (χ3n) is 16.7. The van der Waals surface area contributed by atoms with Crippen LogP contribution in [0.3, 0.4) is 0 Å². The number of hydrogen-bond donors (Lipinski definition) is 8. The predicted octanol–water partition coefficient (Wildman–Crippen LogP) is 8.11. The molecule has 374 valence electrons. The Kier molecular flexibility index (Phi) is 17.8. The van der Waals surface area contributed by atoms with Gasteiger partial charge in [-0.25, -0.2) is 0 Å². The molecule has 1 heterocycles. The molecular formula is C55H80N4O9. The fourth-order valence-corrected chi connectivity index (χ4v) is 13.7. The number of phenols is 2. The SMILES string of the molecule is CCCCC1CC(CCCO)C2CCCC23c2cc(c(O)c(OC4(CNC)CCC(CC(O)OCCCO)C4)c2)NC(=NC)NC#CCC2CCCC2(Cc2ccc(O)c(OC)c2)C(=O)C=CC13. The summed E-state index contributed by atoms with van der Waals surface area (Å²) in [4.78, 5) is 20.0. The number of aliphatic imine (C=N–C) groups is 1. The van der Waals surface area contributed by atoms with Gasteiger partial charge in [0.1, 0.15) is 5.60 Å². The molecule has 10 atom stereocenters. The molecular weight excluding hydrogens is 861 g/mol. The van der Waals surface area contributed by atoms with Crippen molar-refractivity contribution in [2.75, 3.05) is 52.9 Å². The number of benzene rings is 2. The molecule has 8 N–H and O–H groups in total. The minimum Gasteiger partial charge on any atom is -0.504 e. The third-order valence-corrected chi connectivity index (χ3v) is 16.7. The molecule has 4 saturated carbocycles. The van der Waals surface area contributed by atoms with Crippen LogP contribution in [0, 0.1) is 52.9 Å². The van der Waals surface area contributed by atoms with Gasteiger partial charge < -0.3 is 50.4 Å². The highest BCUT2D eigenvalue weighted by Gasteiger charge is 2.57. The van der Waals surface area contributed by atoms with Crippen LogP contribution in [0.1, 0.15) is 134 Å². The summed E-state index contributed by atoms with van der Waals surface area (Å²) in [6.07, 6.45) is 18.6. The number of carbonyl (C=O) groups excluding carboxylic acids is 1. The first-order valence-corrected chi connectivity index (χ1v) is 25.8. The van der Waals surface area contributed by atoms with Gasteiger partial charge in [0.15, 0.2) is 35.1 Å². The maximum absolute atomic E-state index is 15.5. The molecule has 0 radical (unpaired) electrons. The first-order valence-electron chi connectivity index (χ1n) is 25.8. The largest absolute Gasteiger partial charge is 0.504 e. The minimum atomic E-state index is -0.945. The fraction of sp³-hybridized carbons (Fsp3) is 0.673. The van der Waals surface area contributed by atoms with Crippen molar-refractivity contribution in [3.63, 3.8) is 0 Å². The lowest BCUT2D eigenvalue weighted by molar-refractivity contribution is -0.125. The van der Waals surface area contributed by atoms with Crippen molar-refractivity contribution in [1.29, 1.82) is 0 Å². The minimum absolute atomic E-state index is 0.00314. The molecule has 4 aliphatic carbocycles. The second kappa shape index (κ2) is 23.5. The molecule has 0 aromatic heterocycles. The van der Waals surface area contributed by atoms with Crippen molar-refractivity contribution in [1.82, 2.24) is 10.6 Å². The standard InChI is InChI=1S/C55H80N4O9/c1-5-6-12-39-31-40(13-10-26-60)43-16-8-23-55(43)42-32-45(51(65)48(33-42)68-53(36-56-2)24-21-38(34-53)30-50(64)67-28-11-27-61)59-52(57-3)58-25-9-15-41-14-7-22-54(41,49(63)20-18-44(39)55)35-37-17-19-46(62)47(29-37)66-4/h17-20,29,32-33,38-41,43-44,50,56,60-62,64-65H,5-8,10-16,21-24,26-28,30-31,34-36H2,1-4H3,(H2,57,58,59). The molecule has 1 aliphatic heterocycles. The summed E-state index contributed by atoms with van der Waals surface area (Å²) in [5.41, 5.74) is 0.646. The molecule has 13 heteroatoms. The number of guanidine groups is 1. The normalized spacial score (nSPS) is 31.2. The highest BCUT2D eigenvalue weighted by Crippen LogP contribution is 2.64. The summed E-state index contributed by atoms with van der Waals surface area (Å²) in [6.45, 7) is 3.20. The number of phenolic OH excluding ortho intramolecular Hbond substituents is 2. The molecule has 0 amide bonds. The van der Waals surface area contributed by atoms with Crippen molar-refractivity contribution in [3.05, 3.63) is 53.6 Å². The number of aliphatic hydroxyl groups is 3. The van der Waals surface area contributed by atoms with Gasteiger partial charge in [0.2, 0.25) is 5.96 Å². The maximum Gasteiger partial charge on any atom is 0.207 e. The predicted molar refractivity (Wildman–Crippen MR) is 266 cm³/mol. The van der Waals surface area contributed by atoms with Crippen LogP contribution in [0.25, 0.3) is 0 Å². The topological polar surface area (TPSA) is 194 Å². The number of nitrogens with zero attached hydrogens (tertiary/aromatic N) is 1. The Labute approximate surface area is 404 Å². The second-order valence-corrected chi connectivity index (χ2v) is 20.7. The van der Waals surface area contributed by atoms with E-state index in [1.807, 2.05) is 25.3 Å². The summed E-state index contributed by atoms with van der Waals surface area (Å²) in [5.74, 6) is 5.67. The van der Waals surface area contributed by atoms with E-state index >= 15 is 4.79 Å². The zero-order chi connectivity index (χ0) is 48.3. The van der Waals surface area contributed by atoms with E-state index in [1.54, 1.807) is 20.2 Å². The van der Waals surface area contributed by atoms with Gasteiger partial charge >= 0.3 is 0 Å². The van der Waals surface area contributed by atoms with Gasteiger partial charge in [0.25, 0.3) is 0 Å². The summed E-state index contributed by atoms with van der Waals surface area (Å²) in [5, 5.41) is 63.2. The lowest BCUT2D eigenvalue weighted by Crippen LogP contribution is -2.50. The lowest BCUT2D eigenvalue weighted by Gasteiger charge is -2.54. The molecule has 1 spiro atoms. The van der Waals surface area contributed by atoms with Gasteiger partial charge in [-0.15, -0.1) is 0 Å². The van der Waals surface area contributed by atoms with Crippen LogP contribution in [0.5, 0.6) is 23.0 Å². The van der Waals surface area contributed by atoms with Gasteiger partial charge in [0, 0.05) is 56.5 Å². The van der Waals surface area contributed by atoms with E-state index in [-0.39, 0.29) is 66.7 Å². The summed E-state index contributed by atoms with van der Waals surface area (Å²) >= 11 is 0. The average molecular weight is 941 g/mol. The number of hydrogen-bond acceptors (Lipinski definition) is 11. The quantitative estimate of drug-likeness (QED) is 0.0292. The van der Waals surface area contributed by atoms with Gasteiger partial charge in [-0.1, -0.05) is 50.7 Å². The number of aromatic hydroxyl groups is 2. The smallest absolute Gasteiger partial charge is 0.207 e. The van der Waals surface area contributed by atoms with Crippen LogP contribution >= 0.6 is 0 Å². The van der Waals surface area contributed by atoms with E-state index in [4.69, 9.17) is 14.2 Å². The Morgan fingerprint density at radius 3 is 2.56 bits per heavy atom. The van der Waals surface area contributed by atoms with E-state index in [1.165, 1.54) is 0 Å². The number of aliphatic hydroxyl groups excluding tert-OH is 3. The zero-order valence-electron chi connectivity index (χ0n) is 41.2. The number of ketones is 1. The Morgan fingerprint density at radius 2 is 1.79 bits per heavy atom. The molecule has 5 aliphatic rings. The summed E-state index contributed by atoms with van der Waals surface area (Å²) in [7, 11) is 5.13. The fourth-order valence-electron chi connectivity index (χ4n) is 13.7. The second-order valence-electron chi connectivity index (χ2n) is 20.7. The molecule has 0 saturated heterocycles. The number of nitrogens with one attached hydrogen (secondary N) is 3. The summed E-state index contributed by atoms with van der Waals surface area (Å²) < 4.78 is 18.4. The van der Waals surface area contributed by atoms with Crippen LogP contribution in [-0.4, -0.2) is 96.7 Å². The Morgan fingerprint density at radius 1 is 0.985 bits per heavy atom. The van der Waals surface area contributed by atoms with E-state index < -0.39 is 22.7 Å². The number of unbranched alkanes of at least 4 members (excludes halogenated alkanes) is 1. The molecule has 68 heavy (non-hydrogen) atoms. The molecule has 2 aromatic carbocycles. The number of carbonyl (C=O) groups is 1. The van der Waals surface area contributed by atoms with Crippen LogP contribution < -0.4 is 25.4 Å². The molecule has 7 rings (SSSR count). The van der Waals surface area contributed by atoms with Crippen molar-refractivity contribution in [2.24, 2.45) is 45.9 Å². The number of fused-ring (bicyclic) bond motifs is 3. The van der Waals surface area contributed by atoms with Crippen LogP contribution in [0.4, 0.5) is 5.69 Å².